The van der Waals surface area contributed by atoms with E-state index in [0.29, 0.717) is 37.9 Å². The van der Waals surface area contributed by atoms with E-state index in [2.05, 4.69) is 11.4 Å². The Kier molecular flexibility index (Phi) is 5.08. The maximum absolute atomic E-state index is 12.3. The summed E-state index contributed by atoms with van der Waals surface area (Å²) in [6.45, 7) is 3.07. The van der Waals surface area contributed by atoms with Crippen LogP contribution in [0.15, 0.2) is 23.8 Å². The van der Waals surface area contributed by atoms with E-state index in [0.717, 1.165) is 29.7 Å². The van der Waals surface area contributed by atoms with E-state index in [-0.39, 0.29) is 6.03 Å². The van der Waals surface area contributed by atoms with E-state index in [1.54, 1.807) is 12.0 Å². The van der Waals surface area contributed by atoms with Crippen LogP contribution in [0.3, 0.4) is 0 Å². The minimum Gasteiger partial charge on any atom is -0.493 e. The summed E-state index contributed by atoms with van der Waals surface area (Å²) in [5, 5.41) is 3.64. The lowest BCUT2D eigenvalue weighted by Crippen LogP contribution is -2.42. The average Bonchev–Trinajstić information content (AvgIpc) is 3.01. The molecule has 1 aromatic carbocycles. The van der Waals surface area contributed by atoms with E-state index in [1.807, 2.05) is 12.1 Å². The van der Waals surface area contributed by atoms with E-state index in [4.69, 9.17) is 21.1 Å². The minimum atomic E-state index is -0.0653. The number of nitrogens with one attached hydrogen (secondary N) is 1. The number of ether oxygens (including phenoxy) is 2. The smallest absolute Gasteiger partial charge is 0.317 e. The van der Waals surface area contributed by atoms with Gasteiger partial charge in [0.1, 0.15) is 5.75 Å². The van der Waals surface area contributed by atoms with Gasteiger partial charge in [-0.05, 0) is 29.7 Å². The predicted molar refractivity (Wildman–Crippen MR) is 89.0 cm³/mol. The number of nitrogens with zero attached hydrogens (tertiary/aromatic N) is 1. The molecule has 5 nitrogen and oxygen atoms in total. The molecule has 0 bridgehead atoms. The largest absolute Gasteiger partial charge is 0.493 e. The molecule has 6 heteroatoms. The summed E-state index contributed by atoms with van der Waals surface area (Å²) < 4.78 is 10.8. The van der Waals surface area contributed by atoms with Gasteiger partial charge in [-0.1, -0.05) is 17.7 Å². The molecule has 3 rings (SSSR count). The third-order valence-electron chi connectivity index (χ3n) is 4.18. The number of carbonyl (C=O) groups is 1. The van der Waals surface area contributed by atoms with Gasteiger partial charge in [-0.25, -0.2) is 4.79 Å². The summed E-state index contributed by atoms with van der Waals surface area (Å²) in [4.78, 5) is 14.1. The molecule has 2 heterocycles. The van der Waals surface area contributed by atoms with Crippen LogP contribution < -0.4 is 10.1 Å². The maximum atomic E-state index is 12.3. The molecule has 2 aliphatic heterocycles. The highest BCUT2D eigenvalue weighted by Gasteiger charge is 2.20. The van der Waals surface area contributed by atoms with Gasteiger partial charge in [0.15, 0.2) is 0 Å². The van der Waals surface area contributed by atoms with Crippen LogP contribution in [0, 0.1) is 0 Å². The molecular formula is C17H21ClN2O3. The van der Waals surface area contributed by atoms with Crippen LogP contribution in [-0.4, -0.2) is 44.3 Å². The predicted octanol–water partition coefficient (Wildman–Crippen LogP) is 2.76. The summed E-state index contributed by atoms with van der Waals surface area (Å²) in [5.74, 6) is 0.871. The molecule has 1 N–H and O–H groups in total. The summed E-state index contributed by atoms with van der Waals surface area (Å²) in [7, 11) is 1.69. The molecule has 0 atom stereocenters. The highest BCUT2D eigenvalue weighted by molar-refractivity contribution is 6.30. The Labute approximate surface area is 141 Å². The quantitative estimate of drug-likeness (QED) is 0.860. The van der Waals surface area contributed by atoms with Crippen molar-refractivity contribution in [1.82, 2.24) is 10.2 Å². The van der Waals surface area contributed by atoms with Crippen molar-refractivity contribution in [2.24, 2.45) is 0 Å². The first-order valence-electron chi connectivity index (χ1n) is 7.81. The standard InChI is InChI=1S/C17H21ClN2O3/c1-22-11-12-2-5-20(6-3-12)17(21)19-10-14-9-15(18)8-13-4-7-23-16(13)14/h2,8-9H,3-7,10-11H2,1H3,(H,19,21). The number of hydrogen-bond donors (Lipinski definition) is 1. The summed E-state index contributed by atoms with van der Waals surface area (Å²) in [5.41, 5.74) is 3.30. The van der Waals surface area contributed by atoms with Gasteiger partial charge in [-0.2, -0.15) is 0 Å². The lowest BCUT2D eigenvalue weighted by molar-refractivity contribution is 0.193. The maximum Gasteiger partial charge on any atom is 0.317 e. The third kappa shape index (κ3) is 3.79. The van der Waals surface area contributed by atoms with Crippen molar-refractivity contribution in [2.45, 2.75) is 19.4 Å². The molecule has 2 amide bonds. The molecule has 0 radical (unpaired) electrons. The Morgan fingerprint density at radius 1 is 1.43 bits per heavy atom. The number of fused-ring (bicyclic) bond motifs is 1. The average molecular weight is 337 g/mol. The van der Waals surface area contributed by atoms with Crippen LogP contribution in [0.5, 0.6) is 5.75 Å². The van der Waals surface area contributed by atoms with Gasteiger partial charge in [0.25, 0.3) is 0 Å². The van der Waals surface area contributed by atoms with Crippen LogP contribution in [0.25, 0.3) is 0 Å². The third-order valence-corrected chi connectivity index (χ3v) is 4.39. The second-order valence-electron chi connectivity index (χ2n) is 5.80. The van der Waals surface area contributed by atoms with Gasteiger partial charge in [0, 0.05) is 43.8 Å². The summed E-state index contributed by atoms with van der Waals surface area (Å²) >= 11 is 6.14. The Morgan fingerprint density at radius 3 is 3.04 bits per heavy atom. The SMILES string of the molecule is COCC1=CCN(C(=O)NCc2cc(Cl)cc3c2OCC3)CC1. The second kappa shape index (κ2) is 7.23. The number of halogens is 1. The van der Waals surface area contributed by atoms with Gasteiger partial charge in [0.2, 0.25) is 0 Å². The van der Waals surface area contributed by atoms with E-state index >= 15 is 0 Å². The lowest BCUT2D eigenvalue weighted by Gasteiger charge is -2.26. The van der Waals surface area contributed by atoms with Gasteiger partial charge in [-0.15, -0.1) is 0 Å². The molecule has 0 aliphatic carbocycles. The Hall–Kier alpha value is -1.72. The molecule has 0 fully saturated rings. The first-order valence-corrected chi connectivity index (χ1v) is 8.19. The zero-order valence-electron chi connectivity index (χ0n) is 13.2. The first kappa shape index (κ1) is 16.1. The molecule has 0 spiro atoms. The number of urea groups is 1. The van der Waals surface area contributed by atoms with Crippen molar-refractivity contribution in [2.75, 3.05) is 33.4 Å². The fraction of sp³-hybridized carbons (Fsp3) is 0.471. The van der Waals surface area contributed by atoms with Crippen LogP contribution in [-0.2, 0) is 17.7 Å². The number of carbonyl (C=O) groups excluding carboxylic acids is 1. The molecule has 0 saturated heterocycles. The van der Waals surface area contributed by atoms with E-state index < -0.39 is 0 Å². The Morgan fingerprint density at radius 2 is 2.30 bits per heavy atom. The van der Waals surface area contributed by atoms with E-state index in [1.165, 1.54) is 5.57 Å². The van der Waals surface area contributed by atoms with Crippen LogP contribution in [0.2, 0.25) is 5.02 Å². The van der Waals surface area contributed by atoms with Crippen LogP contribution >= 0.6 is 11.6 Å². The zero-order chi connectivity index (χ0) is 16.2. The highest BCUT2D eigenvalue weighted by atomic mass is 35.5. The molecule has 0 saturated carbocycles. The molecule has 124 valence electrons. The fourth-order valence-electron chi connectivity index (χ4n) is 2.97. The van der Waals surface area contributed by atoms with Crippen LogP contribution in [0.1, 0.15) is 17.5 Å². The number of rotatable bonds is 4. The number of amides is 2. The number of methoxy groups -OCH3 is 1. The molecule has 0 aromatic heterocycles. The lowest BCUT2D eigenvalue weighted by atomic mass is 10.1. The summed E-state index contributed by atoms with van der Waals surface area (Å²) in [6, 6.07) is 3.73. The van der Waals surface area contributed by atoms with Gasteiger partial charge < -0.3 is 19.7 Å². The van der Waals surface area contributed by atoms with E-state index in [9.17, 15) is 4.79 Å². The number of hydrogen-bond acceptors (Lipinski definition) is 3. The fourth-order valence-corrected chi connectivity index (χ4v) is 3.24. The van der Waals surface area contributed by atoms with Gasteiger partial charge in [0.05, 0.1) is 13.2 Å². The monoisotopic (exact) mass is 336 g/mol. The van der Waals surface area contributed by atoms with Crippen molar-refractivity contribution in [3.8, 4) is 5.75 Å². The highest BCUT2D eigenvalue weighted by Crippen LogP contribution is 2.32. The van der Waals surface area contributed by atoms with Crippen LogP contribution in [0.4, 0.5) is 4.79 Å². The molecule has 23 heavy (non-hydrogen) atoms. The molecule has 0 unspecified atom stereocenters. The molecule has 2 aliphatic rings. The molecule has 1 aromatic rings. The van der Waals surface area contributed by atoms with Crippen molar-refractivity contribution in [3.63, 3.8) is 0 Å². The Bertz CT molecular complexity index is 631. The van der Waals surface area contributed by atoms with Crippen molar-refractivity contribution < 1.29 is 14.3 Å². The Balaban J connectivity index is 1.58. The zero-order valence-corrected chi connectivity index (χ0v) is 14.0. The van der Waals surface area contributed by atoms with Gasteiger partial charge in [-0.3, -0.25) is 0 Å². The molecular weight excluding hydrogens is 316 g/mol. The minimum absolute atomic E-state index is 0.0653. The van der Waals surface area contributed by atoms with Crippen molar-refractivity contribution >= 4 is 17.6 Å². The van der Waals surface area contributed by atoms with Gasteiger partial charge >= 0.3 is 6.03 Å². The first-order chi connectivity index (χ1) is 11.2. The normalized spacial score (nSPS) is 16.6. The number of benzene rings is 1. The topological polar surface area (TPSA) is 50.8 Å². The summed E-state index contributed by atoms with van der Waals surface area (Å²) in [6.07, 6.45) is 3.79. The second-order valence-corrected chi connectivity index (χ2v) is 6.24. The van der Waals surface area contributed by atoms with Crippen molar-refractivity contribution in [3.05, 3.63) is 39.9 Å². The van der Waals surface area contributed by atoms with Crippen molar-refractivity contribution in [1.29, 1.82) is 0 Å².